The van der Waals surface area contributed by atoms with Crippen LogP contribution >= 0.6 is 0 Å². The van der Waals surface area contributed by atoms with E-state index in [2.05, 4.69) is 37.5 Å². The average molecular weight is 923 g/mol. The normalized spacial score (nSPS) is 19.6. The van der Waals surface area contributed by atoms with Crippen LogP contribution in [0.3, 0.4) is 0 Å². The van der Waals surface area contributed by atoms with Gasteiger partial charge in [-0.2, -0.15) is 0 Å². The van der Waals surface area contributed by atoms with Crippen molar-refractivity contribution in [2.24, 2.45) is 11.8 Å². The second-order valence-corrected chi connectivity index (χ2v) is 18.8. The molecule has 66 heavy (non-hydrogen) atoms. The number of allylic oxidation sites excluding steroid dienone is 6. The van der Waals surface area contributed by atoms with E-state index in [1.165, 1.54) is 116 Å². The molecule has 7 heteroatoms. The van der Waals surface area contributed by atoms with Crippen molar-refractivity contribution in [2.45, 2.75) is 271 Å². The van der Waals surface area contributed by atoms with Crippen LogP contribution in [0.1, 0.15) is 271 Å². The monoisotopic (exact) mass is 923 g/mol. The van der Waals surface area contributed by atoms with E-state index in [1.807, 2.05) is 12.2 Å². The predicted octanol–water partition coefficient (Wildman–Crippen LogP) is 17.1. The zero-order chi connectivity index (χ0) is 48.4. The molecule has 0 N–H and O–H groups in total. The molecule has 2 aliphatic carbocycles. The molecule has 0 fully saturated rings. The molecule has 0 saturated carbocycles. The van der Waals surface area contributed by atoms with Gasteiger partial charge in [-0.1, -0.05) is 152 Å². The molecule has 0 aromatic carbocycles. The number of hydrogen-bond acceptors (Lipinski definition) is 7. The van der Waals surface area contributed by atoms with Crippen molar-refractivity contribution in [3.8, 4) is 0 Å². The van der Waals surface area contributed by atoms with Crippen LogP contribution in [0.2, 0.25) is 0 Å². The first kappa shape index (κ1) is 62.9. The molecule has 0 heterocycles. The van der Waals surface area contributed by atoms with Gasteiger partial charge in [0, 0.05) is 25.7 Å². The van der Waals surface area contributed by atoms with Crippen LogP contribution in [0, 0.1) is 11.8 Å². The van der Waals surface area contributed by atoms with Gasteiger partial charge < -0.3 is 9.47 Å². The lowest BCUT2D eigenvalue weighted by Gasteiger charge is -2.14. The fourth-order valence-electron chi connectivity index (χ4n) is 8.65. The second-order valence-electron chi connectivity index (χ2n) is 18.8. The minimum absolute atomic E-state index is 0.0654. The number of carbonyl (C=O) groups excluding carboxylic acids is 5. The smallest absolute Gasteiger partial charge is 0.316 e. The molecular weight excluding hydrogens is 821 g/mol. The van der Waals surface area contributed by atoms with Gasteiger partial charge in [-0.3, -0.25) is 24.0 Å². The first-order valence-corrected chi connectivity index (χ1v) is 27.7. The van der Waals surface area contributed by atoms with Crippen molar-refractivity contribution >= 4 is 29.3 Å². The fraction of sp³-hybridized carbons (Fsp3) is 0.780. The average Bonchev–Trinajstić information content (AvgIpc) is 3.31. The van der Waals surface area contributed by atoms with E-state index in [9.17, 15) is 24.0 Å². The van der Waals surface area contributed by atoms with Crippen LogP contribution in [-0.4, -0.2) is 42.5 Å². The van der Waals surface area contributed by atoms with Gasteiger partial charge in [0.1, 0.15) is 29.2 Å². The number of Topliss-reactive ketones (excluding diaryl/α,β-unsaturated/α-hetero) is 3. The summed E-state index contributed by atoms with van der Waals surface area (Å²) in [5.41, 5.74) is 0. The Morgan fingerprint density at radius 1 is 0.530 bits per heavy atom. The molecule has 0 radical (unpaired) electrons. The Kier molecular flexibility index (Phi) is 47.5. The van der Waals surface area contributed by atoms with Gasteiger partial charge in [-0.05, 0) is 129 Å². The van der Waals surface area contributed by atoms with E-state index in [0.29, 0.717) is 44.7 Å². The Hall–Kier alpha value is -3.09. The van der Waals surface area contributed by atoms with Gasteiger partial charge in [0.25, 0.3) is 0 Å². The van der Waals surface area contributed by atoms with Gasteiger partial charge in [-0.25, -0.2) is 0 Å². The number of ketones is 3. The lowest BCUT2D eigenvalue weighted by molar-refractivity contribution is -0.153. The Bertz CT molecular complexity index is 1240. The predicted molar refractivity (Wildman–Crippen MR) is 279 cm³/mol. The molecular formula is C59H102O7. The van der Waals surface area contributed by atoms with Crippen LogP contribution in [0.25, 0.3) is 0 Å². The summed E-state index contributed by atoms with van der Waals surface area (Å²) in [4.78, 5) is 60.6. The summed E-state index contributed by atoms with van der Waals surface area (Å²) in [6.45, 7) is 11.7. The van der Waals surface area contributed by atoms with E-state index >= 15 is 0 Å². The number of carbonyl (C=O) groups is 5. The molecule has 0 aliphatic heterocycles. The minimum atomic E-state index is -0.555. The Morgan fingerprint density at radius 3 is 1.42 bits per heavy atom. The highest BCUT2D eigenvalue weighted by atomic mass is 16.5. The Balaban J connectivity index is 0.000000972. The fourth-order valence-corrected chi connectivity index (χ4v) is 8.65. The maximum absolute atomic E-state index is 12.4. The molecule has 0 aromatic rings. The van der Waals surface area contributed by atoms with Crippen molar-refractivity contribution in [1.82, 2.24) is 0 Å². The van der Waals surface area contributed by atoms with E-state index < -0.39 is 11.8 Å². The SMILES string of the molecule is C=CCCCCCCCC(=O)C(CCCCCCC=C)C(=O)OCC.CCOC(=O)C1CCCCCC/C=C\CCCCCCCC1=O.O=C1CCCCCCC/C=C\CCCCCCC1. The highest BCUT2D eigenvalue weighted by molar-refractivity contribution is 5.99. The number of ether oxygens (including phenoxy) is 2. The summed E-state index contributed by atoms with van der Waals surface area (Å²) < 4.78 is 10.2. The molecule has 2 unspecified atom stereocenters. The van der Waals surface area contributed by atoms with E-state index in [0.717, 1.165) is 116 Å². The molecule has 0 bridgehead atoms. The van der Waals surface area contributed by atoms with Crippen LogP contribution in [-0.2, 0) is 33.4 Å². The Labute approximate surface area is 406 Å². The van der Waals surface area contributed by atoms with E-state index in [1.54, 1.807) is 13.8 Å². The molecule has 7 nitrogen and oxygen atoms in total. The summed E-state index contributed by atoms with van der Waals surface area (Å²) in [5.74, 6) is -1.06. The molecule has 0 aromatic heterocycles. The highest BCUT2D eigenvalue weighted by Crippen LogP contribution is 2.21. The van der Waals surface area contributed by atoms with Crippen LogP contribution < -0.4 is 0 Å². The van der Waals surface area contributed by atoms with Crippen molar-refractivity contribution in [3.63, 3.8) is 0 Å². The van der Waals surface area contributed by atoms with Crippen molar-refractivity contribution < 1.29 is 33.4 Å². The van der Waals surface area contributed by atoms with Crippen molar-refractivity contribution in [3.05, 3.63) is 49.6 Å². The summed E-state index contributed by atoms with van der Waals surface area (Å²) >= 11 is 0. The van der Waals surface area contributed by atoms with Gasteiger partial charge in [0.2, 0.25) is 0 Å². The van der Waals surface area contributed by atoms with Crippen molar-refractivity contribution in [1.29, 1.82) is 0 Å². The molecule has 380 valence electrons. The van der Waals surface area contributed by atoms with Gasteiger partial charge in [0.05, 0.1) is 13.2 Å². The number of unbranched alkanes of at least 4 members (excludes halogenated alkanes) is 9. The third kappa shape index (κ3) is 41.1. The number of rotatable bonds is 20. The number of hydrogen-bond donors (Lipinski definition) is 0. The van der Waals surface area contributed by atoms with Crippen LogP contribution in [0.5, 0.6) is 0 Å². The second kappa shape index (κ2) is 49.8. The summed E-state index contributed by atoms with van der Waals surface area (Å²) in [6.07, 6.45) is 56.6. The summed E-state index contributed by atoms with van der Waals surface area (Å²) in [6, 6.07) is 0. The molecule has 2 aliphatic rings. The van der Waals surface area contributed by atoms with Gasteiger partial charge >= 0.3 is 11.9 Å². The van der Waals surface area contributed by atoms with E-state index in [4.69, 9.17) is 9.47 Å². The molecule has 2 rings (SSSR count). The summed E-state index contributed by atoms with van der Waals surface area (Å²) in [7, 11) is 0. The molecule has 2 atom stereocenters. The zero-order valence-corrected chi connectivity index (χ0v) is 43.1. The van der Waals surface area contributed by atoms with E-state index in [-0.39, 0.29) is 23.5 Å². The van der Waals surface area contributed by atoms with Crippen LogP contribution in [0.15, 0.2) is 49.6 Å². The zero-order valence-electron chi connectivity index (χ0n) is 43.1. The lowest BCUT2D eigenvalue weighted by Crippen LogP contribution is -2.26. The maximum atomic E-state index is 12.4. The quantitative estimate of drug-likeness (QED) is 0.0518. The first-order valence-electron chi connectivity index (χ1n) is 27.7. The lowest BCUT2D eigenvalue weighted by atomic mass is 9.93. The summed E-state index contributed by atoms with van der Waals surface area (Å²) in [5, 5.41) is 0. The van der Waals surface area contributed by atoms with Gasteiger partial charge in [-0.15, -0.1) is 13.2 Å². The number of esters is 2. The maximum Gasteiger partial charge on any atom is 0.316 e. The topological polar surface area (TPSA) is 104 Å². The third-order valence-corrected chi connectivity index (χ3v) is 12.8. The molecule has 0 saturated heterocycles. The minimum Gasteiger partial charge on any atom is -0.465 e. The standard InChI is InChI=1S/C22H38O3.C20H34O3.C17H30O/c1-4-7-9-11-13-15-17-19-21(23)20(22(24)25-6-3)18-16-14-12-10-8-5-2;1-2-23-20(22)18-16-14-12-10-8-6-4-3-5-7-9-11-13-15-17-19(18)21;18-17-15-13-11-9-7-5-3-1-2-4-6-8-10-12-14-16-17/h4-5,20H,1-2,6-19H2,3H3;3-4,18H,2,5-17H2,1H3;1-2H,3-16H2/b;4-3-;2-1-. The van der Waals surface area contributed by atoms with Crippen molar-refractivity contribution in [2.75, 3.05) is 13.2 Å². The largest absolute Gasteiger partial charge is 0.465 e. The van der Waals surface area contributed by atoms with Gasteiger partial charge in [0.15, 0.2) is 0 Å². The first-order chi connectivity index (χ1) is 32.3. The molecule has 0 spiro atoms. The highest BCUT2D eigenvalue weighted by Gasteiger charge is 2.27. The van der Waals surface area contributed by atoms with Crippen LogP contribution in [0.4, 0.5) is 0 Å². The third-order valence-electron chi connectivity index (χ3n) is 12.8. The molecule has 0 amide bonds. The Morgan fingerprint density at radius 2 is 0.939 bits per heavy atom.